The highest BCUT2D eigenvalue weighted by molar-refractivity contribution is 5.91. The molecule has 5 rings (SSSR count). The number of amides is 1. The van der Waals surface area contributed by atoms with E-state index < -0.39 is 17.8 Å². The van der Waals surface area contributed by atoms with Crippen LogP contribution in [0.25, 0.3) is 22.5 Å². The zero-order chi connectivity index (χ0) is 30.6. The van der Waals surface area contributed by atoms with Gasteiger partial charge in [-0.25, -0.2) is 4.79 Å². The molecule has 43 heavy (non-hydrogen) atoms. The summed E-state index contributed by atoms with van der Waals surface area (Å²) in [7, 11) is 0. The molecule has 0 bridgehead atoms. The van der Waals surface area contributed by atoms with Gasteiger partial charge in [0, 0.05) is 12.0 Å². The minimum absolute atomic E-state index is 0.107. The van der Waals surface area contributed by atoms with E-state index in [-0.39, 0.29) is 24.4 Å². The molecule has 0 atom stereocenters. The molecule has 1 fully saturated rings. The number of esters is 1. The van der Waals surface area contributed by atoms with Gasteiger partial charge in [0.2, 0.25) is 0 Å². The molecule has 0 unspecified atom stereocenters. The van der Waals surface area contributed by atoms with Crippen molar-refractivity contribution in [1.29, 1.82) is 0 Å². The molecule has 1 aromatic heterocycles. The van der Waals surface area contributed by atoms with Crippen molar-refractivity contribution in [2.45, 2.75) is 45.7 Å². The molecule has 7 nitrogen and oxygen atoms in total. The van der Waals surface area contributed by atoms with Gasteiger partial charge >= 0.3 is 18.2 Å². The first-order valence-corrected chi connectivity index (χ1v) is 14.0. The van der Waals surface area contributed by atoms with Crippen molar-refractivity contribution in [3.63, 3.8) is 0 Å². The summed E-state index contributed by atoms with van der Waals surface area (Å²) in [5.74, 6) is 0.234. The lowest BCUT2D eigenvalue weighted by Gasteiger charge is -2.14. The van der Waals surface area contributed by atoms with Crippen molar-refractivity contribution in [3.8, 4) is 22.5 Å². The molecule has 0 aliphatic heterocycles. The van der Waals surface area contributed by atoms with Gasteiger partial charge in [0.15, 0.2) is 5.76 Å². The van der Waals surface area contributed by atoms with E-state index in [0.717, 1.165) is 41.7 Å². The molecular formula is C33H31F3N2O5. The van der Waals surface area contributed by atoms with Crippen LogP contribution in [0.15, 0.2) is 77.3 Å². The third-order valence-electron chi connectivity index (χ3n) is 7.51. The van der Waals surface area contributed by atoms with Crippen LogP contribution >= 0.6 is 0 Å². The van der Waals surface area contributed by atoms with Gasteiger partial charge in [0.05, 0.1) is 24.2 Å². The van der Waals surface area contributed by atoms with Crippen LogP contribution in [0, 0.1) is 12.3 Å². The highest BCUT2D eigenvalue weighted by Gasteiger charge is 2.51. The van der Waals surface area contributed by atoms with Gasteiger partial charge in [-0.3, -0.25) is 10.1 Å². The maximum Gasteiger partial charge on any atom is 0.416 e. The van der Waals surface area contributed by atoms with E-state index in [4.69, 9.17) is 14.0 Å². The lowest BCUT2D eigenvalue weighted by atomic mass is 9.94. The van der Waals surface area contributed by atoms with Crippen LogP contribution in [-0.4, -0.2) is 30.4 Å². The van der Waals surface area contributed by atoms with Crippen LogP contribution in [0.3, 0.4) is 0 Å². The molecule has 1 amide bonds. The number of carbonyl (C=O) groups excluding carboxylic acids is 2. The summed E-state index contributed by atoms with van der Waals surface area (Å²) in [6, 6.07) is 20.6. The summed E-state index contributed by atoms with van der Waals surface area (Å²) in [6.45, 7) is 3.77. The number of anilines is 1. The number of ether oxygens (including phenoxy) is 2. The number of benzene rings is 3. The largest absolute Gasteiger partial charge is 0.466 e. The molecule has 1 heterocycles. The number of hydrogen-bond acceptors (Lipinski definition) is 6. The Morgan fingerprint density at radius 2 is 1.58 bits per heavy atom. The molecule has 1 N–H and O–H groups in total. The Morgan fingerprint density at radius 3 is 2.21 bits per heavy atom. The van der Waals surface area contributed by atoms with Gasteiger partial charge in [-0.2, -0.15) is 13.2 Å². The van der Waals surface area contributed by atoms with Crippen molar-refractivity contribution in [2.24, 2.45) is 5.41 Å². The number of aryl methyl sites for hydroxylation is 1. The van der Waals surface area contributed by atoms with Crippen molar-refractivity contribution in [2.75, 3.05) is 18.5 Å². The fraction of sp³-hybridized carbons (Fsp3) is 0.303. The monoisotopic (exact) mass is 592 g/mol. The standard InChI is InChI=1S/C33H31F3N2O5/c1-3-41-30(39)32(16-17-32)20-23-7-9-24(10-8-23)25-11-13-26(14-12-25)29-28(21(2)38-43-29)37-31(40)42-18-15-22-5-4-6-27(19-22)33(34,35)36/h4-14,19H,3,15-18,20H2,1-2H3,(H,37,40). The summed E-state index contributed by atoms with van der Waals surface area (Å²) in [5.41, 5.74) is 3.81. The molecule has 10 heteroatoms. The fourth-order valence-corrected chi connectivity index (χ4v) is 4.92. The van der Waals surface area contributed by atoms with Gasteiger partial charge in [-0.15, -0.1) is 0 Å². The molecule has 224 valence electrons. The molecule has 3 aromatic carbocycles. The summed E-state index contributed by atoms with van der Waals surface area (Å²) in [4.78, 5) is 24.8. The van der Waals surface area contributed by atoms with Crippen LogP contribution < -0.4 is 5.32 Å². The zero-order valence-corrected chi connectivity index (χ0v) is 23.8. The van der Waals surface area contributed by atoms with E-state index in [1.165, 1.54) is 6.07 Å². The van der Waals surface area contributed by atoms with E-state index in [1.54, 1.807) is 13.0 Å². The van der Waals surface area contributed by atoms with E-state index in [9.17, 15) is 22.8 Å². The second-order valence-corrected chi connectivity index (χ2v) is 10.6. The predicted molar refractivity (Wildman–Crippen MR) is 154 cm³/mol. The van der Waals surface area contributed by atoms with E-state index in [0.29, 0.717) is 41.3 Å². The number of nitrogens with one attached hydrogen (secondary N) is 1. The van der Waals surface area contributed by atoms with Gasteiger partial charge in [0.25, 0.3) is 0 Å². The lowest BCUT2D eigenvalue weighted by molar-refractivity contribution is -0.149. The molecule has 0 radical (unpaired) electrons. The minimum atomic E-state index is -4.44. The second-order valence-electron chi connectivity index (χ2n) is 10.6. The van der Waals surface area contributed by atoms with Crippen molar-refractivity contribution < 1.29 is 36.8 Å². The van der Waals surface area contributed by atoms with E-state index >= 15 is 0 Å². The maximum absolute atomic E-state index is 12.9. The second kappa shape index (κ2) is 12.3. The third kappa shape index (κ3) is 7.07. The molecule has 0 spiro atoms. The SMILES string of the molecule is CCOC(=O)C1(Cc2ccc(-c3ccc(-c4onc(C)c4NC(=O)OCCc4cccc(C(F)(F)F)c4)cc3)cc2)CC1. The minimum Gasteiger partial charge on any atom is -0.466 e. The van der Waals surface area contributed by atoms with Gasteiger partial charge in [0.1, 0.15) is 11.4 Å². The Morgan fingerprint density at radius 1 is 0.930 bits per heavy atom. The zero-order valence-electron chi connectivity index (χ0n) is 23.8. The molecule has 1 saturated carbocycles. The summed E-state index contributed by atoms with van der Waals surface area (Å²) < 4.78 is 54.8. The third-order valence-corrected chi connectivity index (χ3v) is 7.51. The Bertz CT molecular complexity index is 1590. The summed E-state index contributed by atoms with van der Waals surface area (Å²) >= 11 is 0. The Kier molecular flexibility index (Phi) is 8.57. The molecule has 1 aliphatic carbocycles. The molecule has 4 aromatic rings. The first-order valence-electron chi connectivity index (χ1n) is 14.0. The van der Waals surface area contributed by atoms with Crippen molar-refractivity contribution in [3.05, 3.63) is 95.2 Å². The number of alkyl halides is 3. The van der Waals surface area contributed by atoms with Crippen LogP contribution in [-0.2, 0) is 33.3 Å². The van der Waals surface area contributed by atoms with Gasteiger partial charge < -0.3 is 14.0 Å². The van der Waals surface area contributed by atoms with E-state index in [2.05, 4.69) is 10.5 Å². The highest BCUT2D eigenvalue weighted by atomic mass is 19.4. The average Bonchev–Trinajstić information content (AvgIpc) is 3.69. The predicted octanol–water partition coefficient (Wildman–Crippen LogP) is 8.01. The van der Waals surface area contributed by atoms with Crippen LogP contribution in [0.1, 0.15) is 42.1 Å². The quantitative estimate of drug-likeness (QED) is 0.188. The molecule has 0 saturated heterocycles. The summed E-state index contributed by atoms with van der Waals surface area (Å²) in [6.07, 6.45) is -2.71. The number of nitrogens with zero attached hydrogens (tertiary/aromatic N) is 1. The highest BCUT2D eigenvalue weighted by Crippen LogP contribution is 2.49. The normalized spacial score (nSPS) is 13.8. The first kappa shape index (κ1) is 29.9. The van der Waals surface area contributed by atoms with Crippen LogP contribution in [0.2, 0.25) is 0 Å². The Hall–Kier alpha value is -4.60. The number of carbonyl (C=O) groups is 2. The van der Waals surface area contributed by atoms with Crippen molar-refractivity contribution >= 4 is 17.7 Å². The number of halogens is 3. The van der Waals surface area contributed by atoms with Crippen LogP contribution in [0.4, 0.5) is 23.7 Å². The topological polar surface area (TPSA) is 90.7 Å². The van der Waals surface area contributed by atoms with E-state index in [1.807, 2.05) is 55.5 Å². The maximum atomic E-state index is 12.9. The number of rotatable bonds is 10. The smallest absolute Gasteiger partial charge is 0.416 e. The number of aromatic nitrogens is 1. The lowest BCUT2D eigenvalue weighted by Crippen LogP contribution is -2.21. The van der Waals surface area contributed by atoms with Gasteiger partial charge in [-0.05, 0) is 61.4 Å². The molecular weight excluding hydrogens is 561 g/mol. The molecule has 1 aliphatic rings. The first-order chi connectivity index (χ1) is 20.6. The Balaban J connectivity index is 1.19. The van der Waals surface area contributed by atoms with Crippen molar-refractivity contribution in [1.82, 2.24) is 5.16 Å². The average molecular weight is 593 g/mol. The van der Waals surface area contributed by atoms with Crippen LogP contribution in [0.5, 0.6) is 0 Å². The summed E-state index contributed by atoms with van der Waals surface area (Å²) in [5, 5.41) is 6.61. The van der Waals surface area contributed by atoms with Gasteiger partial charge in [-0.1, -0.05) is 71.9 Å². The Labute approximate surface area is 247 Å². The fourth-order valence-electron chi connectivity index (χ4n) is 4.92. The number of hydrogen-bond donors (Lipinski definition) is 1.